The zero-order chi connectivity index (χ0) is 28.3. The Morgan fingerprint density at radius 2 is 1.60 bits per heavy atom. The molecule has 3 aromatic carbocycles. The Labute approximate surface area is 235 Å². The molecule has 0 radical (unpaired) electrons. The third-order valence-electron chi connectivity index (χ3n) is 6.86. The number of hydrogen-bond acceptors (Lipinski definition) is 5. The standard InChI is InChI=1S/C32H37N3O5/c1-3-5-18-33-30(36)29-20-25-19-26(39-21-23-12-8-6-9-13-23)16-17-28(25)35(29)31(37)27(4-2)34-32(38)40-22-24-14-10-7-11-15-24/h6-17,19,27,29H,3-5,18,20-22H2,1-2H3,(H,33,36)(H,34,38)/t27-,29+/m1/s1. The maximum Gasteiger partial charge on any atom is 0.408 e. The molecule has 2 N–H and O–H groups in total. The second kappa shape index (κ2) is 14.2. The fraction of sp³-hybridized carbons (Fsp3) is 0.344. The van der Waals surface area contributed by atoms with Crippen molar-refractivity contribution in [3.8, 4) is 5.75 Å². The van der Waals surface area contributed by atoms with Crippen molar-refractivity contribution in [1.29, 1.82) is 0 Å². The number of nitrogens with zero attached hydrogens (tertiary/aromatic N) is 1. The number of fused-ring (bicyclic) bond motifs is 1. The van der Waals surface area contributed by atoms with Gasteiger partial charge in [-0.05, 0) is 47.7 Å². The van der Waals surface area contributed by atoms with Gasteiger partial charge in [0.1, 0.15) is 31.0 Å². The van der Waals surface area contributed by atoms with Crippen LogP contribution in [0.5, 0.6) is 5.75 Å². The molecular weight excluding hydrogens is 506 g/mol. The number of hydrogen-bond donors (Lipinski definition) is 2. The normalized spacial score (nSPS) is 14.7. The summed E-state index contributed by atoms with van der Waals surface area (Å²) in [5.74, 6) is 0.0921. The van der Waals surface area contributed by atoms with Gasteiger partial charge in [0, 0.05) is 18.7 Å². The van der Waals surface area contributed by atoms with Crippen molar-refractivity contribution in [1.82, 2.24) is 10.6 Å². The highest BCUT2D eigenvalue weighted by Crippen LogP contribution is 2.36. The average Bonchev–Trinajstić information content (AvgIpc) is 3.37. The summed E-state index contributed by atoms with van der Waals surface area (Å²) < 4.78 is 11.3. The molecule has 4 rings (SSSR count). The molecule has 3 aromatic rings. The van der Waals surface area contributed by atoms with E-state index in [0.717, 1.165) is 29.5 Å². The summed E-state index contributed by atoms with van der Waals surface area (Å²) in [6, 6.07) is 23.1. The molecule has 8 heteroatoms. The number of benzene rings is 3. The molecule has 210 valence electrons. The van der Waals surface area contributed by atoms with E-state index in [2.05, 4.69) is 17.6 Å². The molecule has 0 spiro atoms. The number of ether oxygens (including phenoxy) is 2. The topological polar surface area (TPSA) is 97.0 Å². The summed E-state index contributed by atoms with van der Waals surface area (Å²) in [5.41, 5.74) is 3.38. The number of anilines is 1. The number of nitrogens with one attached hydrogen (secondary N) is 2. The van der Waals surface area contributed by atoms with Gasteiger partial charge in [-0.3, -0.25) is 14.5 Å². The van der Waals surface area contributed by atoms with Gasteiger partial charge < -0.3 is 20.1 Å². The zero-order valence-corrected chi connectivity index (χ0v) is 23.1. The van der Waals surface area contributed by atoms with Crippen LogP contribution in [-0.4, -0.2) is 36.5 Å². The quantitative estimate of drug-likeness (QED) is 0.308. The van der Waals surface area contributed by atoms with E-state index in [0.29, 0.717) is 37.4 Å². The van der Waals surface area contributed by atoms with E-state index in [9.17, 15) is 14.4 Å². The van der Waals surface area contributed by atoms with Gasteiger partial charge in [-0.25, -0.2) is 4.79 Å². The molecule has 0 fully saturated rings. The van der Waals surface area contributed by atoms with E-state index in [-0.39, 0.29) is 18.4 Å². The summed E-state index contributed by atoms with van der Waals surface area (Å²) in [6.45, 7) is 4.91. The minimum absolute atomic E-state index is 0.0953. The predicted molar refractivity (Wildman–Crippen MR) is 154 cm³/mol. The lowest BCUT2D eigenvalue weighted by Crippen LogP contribution is -2.55. The maximum atomic E-state index is 13.8. The van der Waals surface area contributed by atoms with E-state index in [1.807, 2.05) is 85.8 Å². The van der Waals surface area contributed by atoms with E-state index in [4.69, 9.17) is 9.47 Å². The van der Waals surface area contributed by atoms with Gasteiger partial charge in [0.15, 0.2) is 0 Å². The lowest BCUT2D eigenvalue weighted by molar-refractivity contribution is -0.127. The van der Waals surface area contributed by atoms with Gasteiger partial charge in [-0.2, -0.15) is 0 Å². The van der Waals surface area contributed by atoms with Crippen LogP contribution in [0.25, 0.3) is 0 Å². The van der Waals surface area contributed by atoms with Crippen LogP contribution in [0.15, 0.2) is 78.9 Å². The molecule has 1 aliphatic heterocycles. The molecule has 0 saturated carbocycles. The highest BCUT2D eigenvalue weighted by atomic mass is 16.5. The maximum absolute atomic E-state index is 13.8. The highest BCUT2D eigenvalue weighted by molar-refractivity contribution is 6.06. The van der Waals surface area contributed by atoms with Crippen molar-refractivity contribution in [3.05, 3.63) is 95.6 Å². The highest BCUT2D eigenvalue weighted by Gasteiger charge is 2.41. The summed E-state index contributed by atoms with van der Waals surface area (Å²) in [7, 11) is 0. The minimum Gasteiger partial charge on any atom is -0.489 e. The molecule has 0 unspecified atom stereocenters. The van der Waals surface area contributed by atoms with Crippen LogP contribution in [-0.2, 0) is 34.0 Å². The molecule has 1 aliphatic rings. The van der Waals surface area contributed by atoms with Gasteiger partial charge in [0.05, 0.1) is 0 Å². The summed E-state index contributed by atoms with van der Waals surface area (Å²) in [4.78, 5) is 41.2. The van der Waals surface area contributed by atoms with Gasteiger partial charge in [-0.1, -0.05) is 80.9 Å². The van der Waals surface area contributed by atoms with Crippen molar-refractivity contribution in [2.24, 2.45) is 0 Å². The van der Waals surface area contributed by atoms with Crippen LogP contribution in [0.3, 0.4) is 0 Å². The monoisotopic (exact) mass is 543 g/mol. The molecular formula is C32H37N3O5. The first-order valence-corrected chi connectivity index (χ1v) is 13.9. The molecule has 8 nitrogen and oxygen atoms in total. The number of unbranched alkanes of at least 4 members (excludes halogenated alkanes) is 1. The largest absolute Gasteiger partial charge is 0.489 e. The SMILES string of the molecule is CCCCNC(=O)[C@@H]1Cc2cc(OCc3ccccc3)ccc2N1C(=O)[C@@H](CC)NC(=O)OCc1ccccc1. The first kappa shape index (κ1) is 28.7. The Hall–Kier alpha value is -4.33. The van der Waals surface area contributed by atoms with Crippen LogP contribution < -0.4 is 20.3 Å². The Morgan fingerprint density at radius 3 is 2.25 bits per heavy atom. The van der Waals surface area contributed by atoms with Crippen LogP contribution in [0.1, 0.15) is 49.8 Å². The van der Waals surface area contributed by atoms with Crippen molar-refractivity contribution in [2.45, 2.75) is 64.8 Å². The van der Waals surface area contributed by atoms with Crippen LogP contribution in [0, 0.1) is 0 Å². The number of carbonyl (C=O) groups excluding carboxylic acids is 3. The molecule has 40 heavy (non-hydrogen) atoms. The third kappa shape index (κ3) is 7.40. The Bertz CT molecular complexity index is 1280. The zero-order valence-electron chi connectivity index (χ0n) is 23.1. The average molecular weight is 544 g/mol. The molecule has 0 saturated heterocycles. The van der Waals surface area contributed by atoms with Crippen LogP contribution in [0.4, 0.5) is 10.5 Å². The molecule has 0 bridgehead atoms. The van der Waals surface area contributed by atoms with Gasteiger partial charge >= 0.3 is 6.09 Å². The lowest BCUT2D eigenvalue weighted by Gasteiger charge is -2.29. The van der Waals surface area contributed by atoms with E-state index in [1.165, 1.54) is 4.90 Å². The van der Waals surface area contributed by atoms with E-state index >= 15 is 0 Å². The molecule has 1 heterocycles. The summed E-state index contributed by atoms with van der Waals surface area (Å²) in [6.07, 6.45) is 1.81. The number of alkyl carbamates (subject to hydrolysis) is 1. The van der Waals surface area contributed by atoms with Crippen molar-refractivity contribution in [3.63, 3.8) is 0 Å². The predicted octanol–water partition coefficient (Wildman–Crippen LogP) is 5.14. The van der Waals surface area contributed by atoms with Gasteiger partial charge in [0.2, 0.25) is 11.8 Å². The van der Waals surface area contributed by atoms with Crippen LogP contribution in [0.2, 0.25) is 0 Å². The number of carbonyl (C=O) groups is 3. The number of rotatable bonds is 12. The fourth-order valence-electron chi connectivity index (χ4n) is 4.66. The van der Waals surface area contributed by atoms with Crippen molar-refractivity contribution < 1.29 is 23.9 Å². The molecule has 0 aliphatic carbocycles. The van der Waals surface area contributed by atoms with E-state index in [1.54, 1.807) is 0 Å². The smallest absolute Gasteiger partial charge is 0.408 e. The second-order valence-electron chi connectivity index (χ2n) is 9.80. The summed E-state index contributed by atoms with van der Waals surface area (Å²) >= 11 is 0. The fourth-order valence-corrected chi connectivity index (χ4v) is 4.66. The number of amides is 3. The first-order valence-electron chi connectivity index (χ1n) is 13.9. The molecule has 0 aromatic heterocycles. The van der Waals surface area contributed by atoms with Crippen molar-refractivity contribution in [2.75, 3.05) is 11.4 Å². The van der Waals surface area contributed by atoms with Crippen LogP contribution >= 0.6 is 0 Å². The molecule has 3 amide bonds. The Balaban J connectivity index is 1.49. The van der Waals surface area contributed by atoms with Gasteiger partial charge in [-0.15, -0.1) is 0 Å². The third-order valence-corrected chi connectivity index (χ3v) is 6.86. The summed E-state index contributed by atoms with van der Waals surface area (Å²) in [5, 5.41) is 5.66. The van der Waals surface area contributed by atoms with Crippen molar-refractivity contribution >= 4 is 23.6 Å². The first-order chi connectivity index (χ1) is 19.5. The van der Waals surface area contributed by atoms with E-state index < -0.39 is 18.2 Å². The Morgan fingerprint density at radius 1 is 0.925 bits per heavy atom. The second-order valence-corrected chi connectivity index (χ2v) is 9.80. The van der Waals surface area contributed by atoms with Gasteiger partial charge in [0.25, 0.3) is 0 Å². The minimum atomic E-state index is -0.853. The molecule has 2 atom stereocenters. The Kier molecular flexibility index (Phi) is 10.2. The lowest BCUT2D eigenvalue weighted by atomic mass is 10.1.